The van der Waals surface area contributed by atoms with Crippen molar-refractivity contribution in [3.63, 3.8) is 0 Å². The molecule has 2 aliphatic rings. The lowest BCUT2D eigenvalue weighted by atomic mass is 9.89. The second-order valence-electron chi connectivity index (χ2n) is 7.51. The monoisotopic (exact) mass is 345 g/mol. The van der Waals surface area contributed by atoms with Crippen LogP contribution in [0.1, 0.15) is 49.2 Å². The summed E-state index contributed by atoms with van der Waals surface area (Å²) in [7, 11) is 0. The van der Waals surface area contributed by atoms with Crippen LogP contribution in [-0.2, 0) is 19.5 Å². The van der Waals surface area contributed by atoms with Crippen molar-refractivity contribution in [2.45, 2.75) is 51.6 Å². The molecule has 0 N–H and O–H groups in total. The van der Waals surface area contributed by atoms with Crippen LogP contribution in [0, 0.1) is 17.6 Å². The summed E-state index contributed by atoms with van der Waals surface area (Å²) in [5, 5.41) is 0. The number of nitrogens with zero attached hydrogens (tertiary/aromatic N) is 3. The zero-order valence-electron chi connectivity index (χ0n) is 14.6. The van der Waals surface area contributed by atoms with Crippen molar-refractivity contribution in [2.75, 3.05) is 13.1 Å². The molecule has 134 valence electrons. The highest BCUT2D eigenvalue weighted by atomic mass is 19.1. The van der Waals surface area contributed by atoms with Crippen molar-refractivity contribution in [2.24, 2.45) is 5.92 Å². The summed E-state index contributed by atoms with van der Waals surface area (Å²) >= 11 is 0. The third-order valence-electron chi connectivity index (χ3n) is 5.57. The van der Waals surface area contributed by atoms with E-state index in [1.165, 1.54) is 56.5 Å². The Morgan fingerprint density at radius 2 is 1.76 bits per heavy atom. The van der Waals surface area contributed by atoms with E-state index in [9.17, 15) is 8.78 Å². The summed E-state index contributed by atoms with van der Waals surface area (Å²) in [5.74, 6) is 0.688. The lowest BCUT2D eigenvalue weighted by Gasteiger charge is -2.33. The lowest BCUT2D eigenvalue weighted by Crippen LogP contribution is -2.37. The van der Waals surface area contributed by atoms with Crippen LogP contribution in [0.4, 0.5) is 8.78 Å². The molecule has 2 aromatic rings. The zero-order chi connectivity index (χ0) is 17.2. The summed E-state index contributed by atoms with van der Waals surface area (Å²) in [6.07, 6.45) is 9.29. The molecule has 2 heterocycles. The van der Waals surface area contributed by atoms with Gasteiger partial charge in [-0.15, -0.1) is 0 Å². The summed E-state index contributed by atoms with van der Waals surface area (Å²) in [6.45, 7) is 4.07. The molecule has 1 saturated carbocycles. The van der Waals surface area contributed by atoms with Gasteiger partial charge in [0.05, 0.1) is 5.69 Å². The third kappa shape index (κ3) is 3.92. The third-order valence-corrected chi connectivity index (χ3v) is 5.57. The minimum absolute atomic E-state index is 0.470. The maximum absolute atomic E-state index is 13.4. The van der Waals surface area contributed by atoms with Gasteiger partial charge in [-0.2, -0.15) is 0 Å². The lowest BCUT2D eigenvalue weighted by molar-refractivity contribution is 0.166. The molecule has 25 heavy (non-hydrogen) atoms. The van der Waals surface area contributed by atoms with Crippen LogP contribution in [0.5, 0.6) is 0 Å². The molecule has 0 atom stereocenters. The van der Waals surface area contributed by atoms with Gasteiger partial charge >= 0.3 is 0 Å². The number of benzene rings is 1. The molecule has 1 aromatic heterocycles. The number of imidazole rings is 1. The molecule has 0 bridgehead atoms. The molecule has 4 rings (SSSR count). The van der Waals surface area contributed by atoms with Crippen LogP contribution in [0.25, 0.3) is 0 Å². The van der Waals surface area contributed by atoms with Gasteiger partial charge in [-0.05, 0) is 36.5 Å². The van der Waals surface area contributed by atoms with E-state index in [0.29, 0.717) is 12.0 Å². The maximum Gasteiger partial charge on any atom is 0.126 e. The Bertz CT molecular complexity index is 714. The Labute approximate surface area is 147 Å². The average Bonchev–Trinajstić information content (AvgIpc) is 2.97. The van der Waals surface area contributed by atoms with E-state index in [1.54, 1.807) is 0 Å². The summed E-state index contributed by atoms with van der Waals surface area (Å²) in [5.41, 5.74) is 1.85. The molecule has 0 radical (unpaired) electrons. The van der Waals surface area contributed by atoms with Crippen molar-refractivity contribution in [1.29, 1.82) is 0 Å². The first-order valence-corrected chi connectivity index (χ1v) is 9.38. The van der Waals surface area contributed by atoms with E-state index < -0.39 is 11.6 Å². The van der Waals surface area contributed by atoms with E-state index in [-0.39, 0.29) is 0 Å². The van der Waals surface area contributed by atoms with E-state index in [1.807, 2.05) is 6.20 Å². The van der Waals surface area contributed by atoms with Gasteiger partial charge in [0.2, 0.25) is 0 Å². The summed E-state index contributed by atoms with van der Waals surface area (Å²) in [4.78, 5) is 7.07. The highest BCUT2D eigenvalue weighted by molar-refractivity contribution is 5.23. The van der Waals surface area contributed by atoms with Crippen molar-refractivity contribution in [1.82, 2.24) is 14.5 Å². The largest absolute Gasteiger partial charge is 0.329 e. The Morgan fingerprint density at radius 3 is 2.52 bits per heavy atom. The van der Waals surface area contributed by atoms with Crippen LogP contribution in [0.15, 0.2) is 24.4 Å². The van der Waals surface area contributed by atoms with Gasteiger partial charge in [-0.25, -0.2) is 13.8 Å². The highest BCUT2D eigenvalue weighted by Crippen LogP contribution is 2.26. The molecular weight excluding hydrogens is 320 g/mol. The highest BCUT2D eigenvalue weighted by Gasteiger charge is 2.23. The van der Waals surface area contributed by atoms with E-state index in [0.717, 1.165) is 37.4 Å². The standard InChI is InChI=1S/C20H25F2N3/c21-17-8-16(9-18(22)11-17)10-20-23-12-19-14-24(6-7-25(19)20)13-15-4-2-1-3-5-15/h8-9,11-12,15H,1-7,10,13-14H2. The van der Waals surface area contributed by atoms with Crippen LogP contribution in [0.2, 0.25) is 0 Å². The van der Waals surface area contributed by atoms with Gasteiger partial charge < -0.3 is 4.57 Å². The normalized spacial score (nSPS) is 19.1. The Balaban J connectivity index is 1.43. The SMILES string of the molecule is Fc1cc(F)cc(Cc2ncc3n2CCN(CC2CCCCC2)C3)c1. The number of rotatable bonds is 4. The van der Waals surface area contributed by atoms with Crippen LogP contribution in [-0.4, -0.2) is 27.5 Å². The average molecular weight is 345 g/mol. The molecule has 0 unspecified atom stereocenters. The van der Waals surface area contributed by atoms with Gasteiger partial charge in [0.25, 0.3) is 0 Å². The van der Waals surface area contributed by atoms with Crippen LogP contribution in [0.3, 0.4) is 0 Å². The molecule has 1 fully saturated rings. The second kappa shape index (κ2) is 7.24. The molecule has 0 amide bonds. The molecule has 1 aliphatic heterocycles. The number of fused-ring (bicyclic) bond motifs is 1. The first kappa shape index (κ1) is 16.7. The Hall–Kier alpha value is -1.75. The molecular formula is C20H25F2N3. The van der Waals surface area contributed by atoms with Crippen molar-refractivity contribution < 1.29 is 8.78 Å². The molecule has 5 heteroatoms. The van der Waals surface area contributed by atoms with Crippen molar-refractivity contribution in [3.8, 4) is 0 Å². The van der Waals surface area contributed by atoms with E-state index >= 15 is 0 Å². The van der Waals surface area contributed by atoms with Crippen LogP contribution < -0.4 is 0 Å². The molecule has 1 aromatic carbocycles. The van der Waals surface area contributed by atoms with Gasteiger partial charge in [-0.3, -0.25) is 4.90 Å². The van der Waals surface area contributed by atoms with Gasteiger partial charge in [-0.1, -0.05) is 19.3 Å². The maximum atomic E-state index is 13.4. The van der Waals surface area contributed by atoms with E-state index in [4.69, 9.17) is 0 Å². The van der Waals surface area contributed by atoms with E-state index in [2.05, 4.69) is 14.5 Å². The number of hydrogen-bond donors (Lipinski definition) is 0. The van der Waals surface area contributed by atoms with Gasteiger partial charge in [0.1, 0.15) is 17.5 Å². The smallest absolute Gasteiger partial charge is 0.126 e. The molecule has 1 aliphatic carbocycles. The topological polar surface area (TPSA) is 21.1 Å². The fraction of sp³-hybridized carbons (Fsp3) is 0.550. The quantitative estimate of drug-likeness (QED) is 0.830. The first-order chi connectivity index (χ1) is 12.2. The number of hydrogen-bond acceptors (Lipinski definition) is 2. The summed E-state index contributed by atoms with van der Waals surface area (Å²) in [6, 6.07) is 3.69. The Morgan fingerprint density at radius 1 is 1.00 bits per heavy atom. The molecule has 3 nitrogen and oxygen atoms in total. The number of aromatic nitrogens is 2. The first-order valence-electron chi connectivity index (χ1n) is 9.38. The fourth-order valence-electron chi connectivity index (χ4n) is 4.33. The van der Waals surface area contributed by atoms with Crippen molar-refractivity contribution in [3.05, 3.63) is 53.1 Å². The molecule has 0 saturated heterocycles. The van der Waals surface area contributed by atoms with Gasteiger partial charge in [0.15, 0.2) is 0 Å². The summed E-state index contributed by atoms with van der Waals surface area (Å²) < 4.78 is 29.0. The minimum Gasteiger partial charge on any atom is -0.329 e. The predicted octanol–water partition coefficient (Wildman–Crippen LogP) is 4.15. The van der Waals surface area contributed by atoms with Crippen LogP contribution >= 0.6 is 0 Å². The van der Waals surface area contributed by atoms with Crippen molar-refractivity contribution >= 4 is 0 Å². The predicted molar refractivity (Wildman–Crippen MR) is 93.2 cm³/mol. The second-order valence-corrected chi connectivity index (χ2v) is 7.51. The zero-order valence-corrected chi connectivity index (χ0v) is 14.6. The fourth-order valence-corrected chi connectivity index (χ4v) is 4.33. The van der Waals surface area contributed by atoms with Gasteiger partial charge in [0, 0.05) is 44.9 Å². The Kier molecular flexibility index (Phi) is 4.84. The number of halogens is 2. The minimum atomic E-state index is -0.529. The molecule has 0 spiro atoms.